The van der Waals surface area contributed by atoms with Crippen molar-refractivity contribution in [2.75, 3.05) is 26.3 Å². The molecule has 6 nitrogen and oxygen atoms in total. The minimum Gasteiger partial charge on any atom is -0.490 e. The molecule has 1 heterocycles. The van der Waals surface area contributed by atoms with Gasteiger partial charge < -0.3 is 24.2 Å². The molecule has 0 radical (unpaired) electrons. The number of carbonyl (C=O) groups excluding carboxylic acids is 1. The lowest BCUT2D eigenvalue weighted by molar-refractivity contribution is -0.00152. The quantitative estimate of drug-likeness (QED) is 0.576. The Hall–Kier alpha value is -2.25. The van der Waals surface area contributed by atoms with Gasteiger partial charge >= 0.3 is 6.09 Å². The molecule has 168 valence electrons. The van der Waals surface area contributed by atoms with Crippen LogP contribution in [0.1, 0.15) is 38.7 Å². The number of likely N-dealkylation sites (tertiary alicyclic amines) is 1. The van der Waals surface area contributed by atoms with Crippen LogP contribution in [-0.2, 0) is 4.74 Å². The first-order valence-electron chi connectivity index (χ1n) is 10.5. The van der Waals surface area contributed by atoms with Gasteiger partial charge in [-0.05, 0) is 69.2 Å². The van der Waals surface area contributed by atoms with Gasteiger partial charge in [-0.2, -0.15) is 0 Å². The van der Waals surface area contributed by atoms with E-state index in [1.165, 1.54) is 0 Å². The maximum Gasteiger partial charge on any atom is 0.410 e. The number of aliphatic hydroxyl groups is 1. The van der Waals surface area contributed by atoms with Crippen LogP contribution in [0.2, 0.25) is 0 Å². The zero-order valence-electron chi connectivity index (χ0n) is 18.2. The Bertz CT molecular complexity index is 848. The third-order valence-corrected chi connectivity index (χ3v) is 5.50. The molecule has 1 amide bonds. The Morgan fingerprint density at radius 3 is 2.10 bits per heavy atom. The zero-order chi connectivity index (χ0) is 22.4. The third kappa shape index (κ3) is 7.14. The van der Waals surface area contributed by atoms with Crippen LogP contribution in [-0.4, -0.2) is 54.1 Å². The molecule has 1 saturated heterocycles. The van der Waals surface area contributed by atoms with Crippen molar-refractivity contribution >= 4 is 22.0 Å². The van der Waals surface area contributed by atoms with Crippen LogP contribution < -0.4 is 9.47 Å². The van der Waals surface area contributed by atoms with E-state index in [0.717, 1.165) is 21.5 Å². The van der Waals surface area contributed by atoms with Gasteiger partial charge in [0.15, 0.2) is 0 Å². The molecule has 1 aliphatic rings. The molecular weight excluding hydrogens is 462 g/mol. The van der Waals surface area contributed by atoms with Crippen LogP contribution in [0.3, 0.4) is 0 Å². The van der Waals surface area contributed by atoms with E-state index >= 15 is 0 Å². The summed E-state index contributed by atoms with van der Waals surface area (Å²) in [5.41, 5.74) is 0.493. The molecule has 2 atom stereocenters. The number of halogens is 1. The minimum atomic E-state index is -0.632. The number of hydrogen-bond donors (Lipinski definition) is 1. The molecule has 1 aliphatic heterocycles. The SMILES string of the molecule is CC(C)(C)OC(=O)N1CCC(c2ccc(OCCOc3ccc(Br)cc3)cc2)C(O)C1. The summed E-state index contributed by atoms with van der Waals surface area (Å²) in [4.78, 5) is 13.8. The van der Waals surface area contributed by atoms with Gasteiger partial charge in [0.2, 0.25) is 0 Å². The van der Waals surface area contributed by atoms with Crippen LogP contribution in [0, 0.1) is 0 Å². The molecule has 0 saturated carbocycles. The topological polar surface area (TPSA) is 68.2 Å². The van der Waals surface area contributed by atoms with E-state index in [0.29, 0.717) is 26.2 Å². The summed E-state index contributed by atoms with van der Waals surface area (Å²) in [6.07, 6.45) is -0.326. The Labute approximate surface area is 192 Å². The van der Waals surface area contributed by atoms with Crippen molar-refractivity contribution in [2.45, 2.75) is 44.8 Å². The third-order valence-electron chi connectivity index (χ3n) is 4.98. The van der Waals surface area contributed by atoms with Crippen LogP contribution in [0.25, 0.3) is 0 Å². The van der Waals surface area contributed by atoms with Gasteiger partial charge in [-0.1, -0.05) is 28.1 Å². The summed E-state index contributed by atoms with van der Waals surface area (Å²) in [7, 11) is 0. The molecule has 1 fully saturated rings. The van der Waals surface area contributed by atoms with E-state index in [2.05, 4.69) is 15.9 Å². The Kier molecular flexibility index (Phi) is 7.84. The van der Waals surface area contributed by atoms with Crippen molar-refractivity contribution in [1.82, 2.24) is 4.90 Å². The molecule has 7 heteroatoms. The number of rotatable bonds is 6. The smallest absolute Gasteiger partial charge is 0.410 e. The number of β-amino-alcohol motifs (C(OH)–C–C–N with tert-alkyl or cyclic N) is 1. The van der Waals surface area contributed by atoms with Gasteiger partial charge in [0.05, 0.1) is 12.6 Å². The van der Waals surface area contributed by atoms with E-state index < -0.39 is 11.7 Å². The van der Waals surface area contributed by atoms with E-state index in [1.807, 2.05) is 69.3 Å². The first-order valence-corrected chi connectivity index (χ1v) is 11.3. The Morgan fingerprint density at radius 2 is 1.58 bits per heavy atom. The second kappa shape index (κ2) is 10.4. The fraction of sp³-hybridized carbons (Fsp3) is 0.458. The number of benzene rings is 2. The van der Waals surface area contributed by atoms with Crippen molar-refractivity contribution in [3.63, 3.8) is 0 Å². The molecule has 1 N–H and O–H groups in total. The monoisotopic (exact) mass is 491 g/mol. The highest BCUT2D eigenvalue weighted by Gasteiger charge is 2.33. The first-order chi connectivity index (χ1) is 14.7. The van der Waals surface area contributed by atoms with Crippen LogP contribution in [0.4, 0.5) is 4.79 Å². The van der Waals surface area contributed by atoms with Crippen molar-refractivity contribution in [3.05, 3.63) is 58.6 Å². The summed E-state index contributed by atoms with van der Waals surface area (Å²) in [6.45, 7) is 7.23. The van der Waals surface area contributed by atoms with E-state index in [9.17, 15) is 9.90 Å². The summed E-state index contributed by atoms with van der Waals surface area (Å²) >= 11 is 3.40. The van der Waals surface area contributed by atoms with Gasteiger partial charge in [-0.3, -0.25) is 0 Å². The number of amides is 1. The molecule has 3 rings (SSSR count). The highest BCUT2D eigenvalue weighted by atomic mass is 79.9. The fourth-order valence-electron chi connectivity index (χ4n) is 3.47. The van der Waals surface area contributed by atoms with Gasteiger partial charge in [-0.15, -0.1) is 0 Å². The first kappa shape index (κ1) is 23.4. The van der Waals surface area contributed by atoms with E-state index in [4.69, 9.17) is 14.2 Å². The predicted molar refractivity (Wildman–Crippen MR) is 123 cm³/mol. The predicted octanol–water partition coefficient (Wildman–Crippen LogP) is 4.99. The largest absolute Gasteiger partial charge is 0.490 e. The van der Waals surface area contributed by atoms with Gasteiger partial charge in [0.25, 0.3) is 0 Å². The highest BCUT2D eigenvalue weighted by Crippen LogP contribution is 2.30. The summed E-state index contributed by atoms with van der Waals surface area (Å²) < 4.78 is 17.8. The number of ether oxygens (including phenoxy) is 3. The number of hydrogen-bond acceptors (Lipinski definition) is 5. The molecule has 2 aromatic rings. The van der Waals surface area contributed by atoms with E-state index in [-0.39, 0.29) is 18.6 Å². The maximum absolute atomic E-state index is 12.2. The normalized spacial score (nSPS) is 19.1. The minimum absolute atomic E-state index is 0.0199. The molecule has 0 aromatic heterocycles. The van der Waals surface area contributed by atoms with Gasteiger partial charge in [0, 0.05) is 16.9 Å². The number of carbonyl (C=O) groups is 1. The lowest BCUT2D eigenvalue weighted by Gasteiger charge is -2.36. The maximum atomic E-state index is 12.2. The summed E-state index contributed by atoms with van der Waals surface area (Å²) in [6, 6.07) is 15.4. The van der Waals surface area contributed by atoms with Gasteiger partial charge in [0.1, 0.15) is 30.3 Å². The van der Waals surface area contributed by atoms with Crippen molar-refractivity contribution in [2.24, 2.45) is 0 Å². The van der Waals surface area contributed by atoms with Crippen LogP contribution in [0.5, 0.6) is 11.5 Å². The second-order valence-corrected chi connectivity index (χ2v) is 9.52. The average molecular weight is 492 g/mol. The molecule has 0 aliphatic carbocycles. The molecule has 31 heavy (non-hydrogen) atoms. The summed E-state index contributed by atoms with van der Waals surface area (Å²) in [5.74, 6) is 1.53. The van der Waals surface area contributed by atoms with Crippen molar-refractivity contribution in [3.8, 4) is 11.5 Å². The lowest BCUT2D eigenvalue weighted by Crippen LogP contribution is -2.47. The fourth-order valence-corrected chi connectivity index (χ4v) is 3.74. The molecule has 2 unspecified atom stereocenters. The van der Waals surface area contributed by atoms with Crippen molar-refractivity contribution in [1.29, 1.82) is 0 Å². The number of piperidine rings is 1. The molecular formula is C24H30BrNO5. The van der Waals surface area contributed by atoms with Crippen molar-refractivity contribution < 1.29 is 24.1 Å². The average Bonchev–Trinajstić information content (AvgIpc) is 2.72. The molecule has 2 aromatic carbocycles. The zero-order valence-corrected chi connectivity index (χ0v) is 19.8. The second-order valence-electron chi connectivity index (χ2n) is 8.61. The van der Waals surface area contributed by atoms with Crippen LogP contribution >= 0.6 is 15.9 Å². The lowest BCUT2D eigenvalue weighted by atomic mass is 9.87. The summed E-state index contributed by atoms with van der Waals surface area (Å²) in [5, 5.41) is 10.6. The standard InChI is InChI=1S/C24H30BrNO5/c1-24(2,3)31-23(28)26-13-12-21(22(27)16-26)17-4-8-19(9-5-17)29-14-15-30-20-10-6-18(25)7-11-20/h4-11,21-22,27H,12-16H2,1-3H3. The van der Waals surface area contributed by atoms with Gasteiger partial charge in [-0.25, -0.2) is 4.79 Å². The molecule has 0 bridgehead atoms. The Morgan fingerprint density at radius 1 is 1.03 bits per heavy atom. The molecule has 0 spiro atoms. The number of aliphatic hydroxyl groups excluding tert-OH is 1. The van der Waals surface area contributed by atoms with Crippen LogP contribution in [0.15, 0.2) is 53.0 Å². The highest BCUT2D eigenvalue weighted by molar-refractivity contribution is 9.10. The Balaban J connectivity index is 1.45. The van der Waals surface area contributed by atoms with E-state index in [1.54, 1.807) is 4.90 Å². The number of nitrogens with zero attached hydrogens (tertiary/aromatic N) is 1.